The largest absolute Gasteiger partial charge is 0.384 e. The lowest BCUT2D eigenvalue weighted by atomic mass is 9.72. The van der Waals surface area contributed by atoms with Gasteiger partial charge in [0.15, 0.2) is 0 Å². The number of carbonyl (C=O) groups excluding carboxylic acids is 1. The van der Waals surface area contributed by atoms with Crippen LogP contribution in [0.15, 0.2) is 89.1 Å². The molecule has 4 aliphatic rings. The molecule has 3 atom stereocenters. The molecule has 1 aliphatic carbocycles. The van der Waals surface area contributed by atoms with Crippen LogP contribution in [0.1, 0.15) is 46.1 Å². The highest BCUT2D eigenvalue weighted by Gasteiger charge is 2.54. The van der Waals surface area contributed by atoms with Gasteiger partial charge in [0.2, 0.25) is 5.91 Å². The first kappa shape index (κ1) is 28.2. The first-order valence-corrected chi connectivity index (χ1v) is 14.8. The normalized spacial score (nSPS) is 26.1. The zero-order chi connectivity index (χ0) is 28.3. The highest BCUT2D eigenvalue weighted by atomic mass is 16.5. The van der Waals surface area contributed by atoms with Gasteiger partial charge in [0.05, 0.1) is 30.9 Å². The lowest BCUT2D eigenvalue weighted by Gasteiger charge is -2.33. The van der Waals surface area contributed by atoms with E-state index < -0.39 is 0 Å². The van der Waals surface area contributed by atoms with E-state index in [0.717, 1.165) is 75.6 Å². The van der Waals surface area contributed by atoms with E-state index in [4.69, 9.17) is 4.74 Å². The molecule has 0 spiro atoms. The second kappa shape index (κ2) is 12.1. The second-order valence-electron chi connectivity index (χ2n) is 11.6. The Labute approximate surface area is 239 Å². The van der Waals surface area contributed by atoms with Crippen LogP contribution in [0.3, 0.4) is 0 Å². The number of allylic oxidation sites excluding steroid dienone is 5. The van der Waals surface area contributed by atoms with Gasteiger partial charge in [0.1, 0.15) is 0 Å². The highest BCUT2D eigenvalue weighted by Crippen LogP contribution is 2.56. The van der Waals surface area contributed by atoms with Gasteiger partial charge in [-0.1, -0.05) is 44.7 Å². The van der Waals surface area contributed by atoms with Crippen molar-refractivity contribution in [3.05, 3.63) is 94.7 Å². The van der Waals surface area contributed by atoms with Gasteiger partial charge in [0.25, 0.3) is 0 Å². The van der Waals surface area contributed by atoms with Crippen LogP contribution in [-0.2, 0) is 16.0 Å². The summed E-state index contributed by atoms with van der Waals surface area (Å²) >= 11 is 0. The third-order valence-electron chi connectivity index (χ3n) is 8.82. The van der Waals surface area contributed by atoms with Crippen molar-refractivity contribution in [1.29, 1.82) is 0 Å². The Morgan fingerprint density at radius 1 is 1.27 bits per heavy atom. The molecule has 0 radical (unpaired) electrons. The molecule has 3 unspecified atom stereocenters. The maximum Gasteiger partial charge on any atom is 0.234 e. The number of nitrogens with zero attached hydrogens (tertiary/aromatic N) is 2. The number of amides is 1. The Kier molecular flexibility index (Phi) is 8.51. The quantitative estimate of drug-likeness (QED) is 0.381. The Bertz CT molecular complexity index is 1290. The maximum atomic E-state index is 14.0. The first-order valence-electron chi connectivity index (χ1n) is 14.8. The molecule has 0 aromatic heterocycles. The topological polar surface area (TPSA) is 56.6 Å². The SMILES string of the molecule is C=C/C(NCCN1CCOCC1)=C1/CC2=C(C(C(=O)Nc3ccc(CC)cc3)C3(C)C=C=C(C)C=CC3)N2C1C. The molecular formula is C34H44N4O2. The van der Waals surface area contributed by atoms with Crippen LogP contribution in [0.4, 0.5) is 5.69 Å². The minimum absolute atomic E-state index is 0.0416. The summed E-state index contributed by atoms with van der Waals surface area (Å²) < 4.78 is 5.47. The van der Waals surface area contributed by atoms with Crippen molar-refractivity contribution in [2.45, 2.75) is 53.0 Å². The van der Waals surface area contributed by atoms with Gasteiger partial charge in [-0.15, -0.1) is 5.73 Å². The van der Waals surface area contributed by atoms with E-state index in [1.807, 2.05) is 18.2 Å². The highest BCUT2D eigenvalue weighted by molar-refractivity contribution is 5.96. The molecular weight excluding hydrogens is 496 g/mol. The zero-order valence-corrected chi connectivity index (χ0v) is 24.6. The predicted octanol–water partition coefficient (Wildman–Crippen LogP) is 5.55. The summed E-state index contributed by atoms with van der Waals surface area (Å²) in [5.74, 6) is -0.262. The van der Waals surface area contributed by atoms with E-state index in [0.29, 0.717) is 0 Å². The van der Waals surface area contributed by atoms with Crippen LogP contribution >= 0.6 is 0 Å². The monoisotopic (exact) mass is 540 g/mol. The van der Waals surface area contributed by atoms with E-state index in [1.165, 1.54) is 22.5 Å². The molecule has 6 heteroatoms. The first-order chi connectivity index (χ1) is 19.3. The van der Waals surface area contributed by atoms with Crippen LogP contribution in [0.5, 0.6) is 0 Å². The number of rotatable bonds is 10. The molecule has 3 aliphatic heterocycles. The van der Waals surface area contributed by atoms with Crippen molar-refractivity contribution >= 4 is 11.6 Å². The van der Waals surface area contributed by atoms with Gasteiger partial charge in [-0.2, -0.15) is 0 Å². The standard InChI is InChI=1S/C34H44N4O2/c1-6-26-10-12-27(13-11-26)36-33(39)31(34(5)15-8-9-24(3)14-16-34)32-30-23-28(25(4)38(30)32)29(7-2)35-17-18-37-19-21-40-22-20-37/h7-13,16,25,31,35H,2,6,15,17-23H2,1,3-5H3,(H,36,39)/b29-28+. The summed E-state index contributed by atoms with van der Waals surface area (Å²) in [7, 11) is 0. The van der Waals surface area contributed by atoms with Crippen LogP contribution in [0, 0.1) is 11.3 Å². The number of aryl methyl sites for hydroxylation is 1. The van der Waals surface area contributed by atoms with Crippen molar-refractivity contribution in [2.75, 3.05) is 44.7 Å². The fourth-order valence-electron chi connectivity index (χ4n) is 6.30. The minimum Gasteiger partial charge on any atom is -0.384 e. The zero-order valence-electron chi connectivity index (χ0n) is 24.6. The minimum atomic E-state index is -0.379. The number of morpholine rings is 1. The third-order valence-corrected chi connectivity index (χ3v) is 8.82. The molecule has 2 fully saturated rings. The molecule has 6 nitrogen and oxygen atoms in total. The van der Waals surface area contributed by atoms with E-state index in [-0.39, 0.29) is 23.3 Å². The summed E-state index contributed by atoms with van der Waals surface area (Å²) in [5.41, 5.74) is 11.2. The van der Waals surface area contributed by atoms with E-state index in [1.54, 1.807) is 0 Å². The summed E-state index contributed by atoms with van der Waals surface area (Å²) in [5, 5.41) is 6.89. The van der Waals surface area contributed by atoms with Gasteiger partial charge >= 0.3 is 0 Å². The number of fused-ring (bicyclic) bond motifs is 1. The third kappa shape index (κ3) is 5.90. The number of nitrogens with one attached hydrogen (secondary N) is 2. The van der Waals surface area contributed by atoms with E-state index >= 15 is 0 Å². The van der Waals surface area contributed by atoms with Crippen molar-refractivity contribution in [3.63, 3.8) is 0 Å². The number of benzene rings is 1. The van der Waals surface area contributed by atoms with Crippen LogP contribution in [0.25, 0.3) is 0 Å². The van der Waals surface area contributed by atoms with Crippen LogP contribution in [0.2, 0.25) is 0 Å². The summed E-state index contributed by atoms with van der Waals surface area (Å²) in [6.45, 7) is 18.2. The van der Waals surface area contributed by atoms with Crippen molar-refractivity contribution in [1.82, 2.24) is 15.1 Å². The molecule has 1 aromatic carbocycles. The molecule has 1 aromatic rings. The average Bonchev–Trinajstić information content (AvgIpc) is 3.59. The van der Waals surface area contributed by atoms with Crippen molar-refractivity contribution in [3.8, 4) is 0 Å². The number of anilines is 1. The molecule has 5 rings (SSSR count). The molecule has 212 valence electrons. The lowest BCUT2D eigenvalue weighted by molar-refractivity contribution is -0.121. The van der Waals surface area contributed by atoms with E-state index in [2.05, 4.69) is 90.8 Å². The number of hydrogen-bond donors (Lipinski definition) is 2. The number of carbonyl (C=O) groups is 1. The van der Waals surface area contributed by atoms with Crippen LogP contribution in [-0.4, -0.2) is 61.1 Å². The number of ether oxygens (including phenoxy) is 1. The Morgan fingerprint density at radius 3 is 2.67 bits per heavy atom. The average molecular weight is 541 g/mol. The fourth-order valence-corrected chi connectivity index (χ4v) is 6.30. The molecule has 1 amide bonds. The predicted molar refractivity (Wildman–Crippen MR) is 163 cm³/mol. The molecule has 2 saturated heterocycles. The maximum absolute atomic E-state index is 14.0. The molecule has 0 saturated carbocycles. The smallest absolute Gasteiger partial charge is 0.234 e. The van der Waals surface area contributed by atoms with Crippen molar-refractivity contribution in [2.24, 2.45) is 11.3 Å². The van der Waals surface area contributed by atoms with Gasteiger partial charge < -0.3 is 20.3 Å². The molecule has 3 heterocycles. The molecule has 0 bridgehead atoms. The van der Waals surface area contributed by atoms with Gasteiger partial charge in [-0.05, 0) is 67.7 Å². The Hall–Kier alpha value is -3.31. The summed E-state index contributed by atoms with van der Waals surface area (Å²) in [6, 6.07) is 8.39. The second-order valence-corrected chi connectivity index (χ2v) is 11.6. The van der Waals surface area contributed by atoms with E-state index in [9.17, 15) is 4.79 Å². The van der Waals surface area contributed by atoms with Gasteiger partial charge in [0, 0.05) is 55.1 Å². The van der Waals surface area contributed by atoms with Gasteiger partial charge in [-0.25, -0.2) is 0 Å². The van der Waals surface area contributed by atoms with Crippen molar-refractivity contribution < 1.29 is 9.53 Å². The fraction of sp³-hybridized carbons (Fsp3) is 0.471. The Morgan fingerprint density at radius 2 is 2.02 bits per heavy atom. The molecule has 40 heavy (non-hydrogen) atoms. The Balaban J connectivity index is 1.37. The van der Waals surface area contributed by atoms with Gasteiger partial charge in [-0.3, -0.25) is 9.69 Å². The summed E-state index contributed by atoms with van der Waals surface area (Å²) in [4.78, 5) is 18.9. The number of hydrogen-bond acceptors (Lipinski definition) is 5. The molecule has 2 N–H and O–H groups in total. The summed E-state index contributed by atoms with van der Waals surface area (Å²) in [6.07, 6.45) is 11.0. The van der Waals surface area contributed by atoms with Crippen LogP contribution < -0.4 is 10.6 Å². The lowest BCUT2D eigenvalue weighted by Crippen LogP contribution is -2.40.